The Hall–Kier alpha value is -2.15. The molecule has 0 radical (unpaired) electrons. The summed E-state index contributed by atoms with van der Waals surface area (Å²) in [7, 11) is 0. The topological polar surface area (TPSA) is 90.4 Å². The van der Waals surface area contributed by atoms with Crippen molar-refractivity contribution in [2.45, 2.75) is 25.4 Å². The highest BCUT2D eigenvalue weighted by atomic mass is 16.6. The average Bonchev–Trinajstić information content (AvgIpc) is 3.02. The summed E-state index contributed by atoms with van der Waals surface area (Å²) in [4.78, 5) is 14.6. The van der Waals surface area contributed by atoms with Crippen molar-refractivity contribution in [2.24, 2.45) is 0 Å². The summed E-state index contributed by atoms with van der Waals surface area (Å²) in [5.41, 5.74) is 0.381. The van der Waals surface area contributed by atoms with Crippen LogP contribution in [0, 0.1) is 10.1 Å². The van der Waals surface area contributed by atoms with Crippen LogP contribution >= 0.6 is 0 Å². The van der Waals surface area contributed by atoms with Crippen LogP contribution in [0.15, 0.2) is 22.6 Å². The molecular formula is C13H15N3O4. The second-order valence-corrected chi connectivity index (χ2v) is 5.16. The van der Waals surface area contributed by atoms with E-state index >= 15 is 0 Å². The first-order valence-corrected chi connectivity index (χ1v) is 6.49. The fraction of sp³-hybridized carbons (Fsp3) is 0.462. The highest BCUT2D eigenvalue weighted by molar-refractivity contribution is 5.83. The number of non-ortho nitro benzene ring substituents is 1. The number of nitro groups is 1. The molecule has 0 aliphatic carbocycles. The monoisotopic (exact) mass is 277 g/mol. The predicted octanol–water partition coefficient (Wildman–Crippen LogP) is 2.72. The van der Waals surface area contributed by atoms with E-state index in [0.29, 0.717) is 12.1 Å². The number of aromatic nitrogens is 1. The summed E-state index contributed by atoms with van der Waals surface area (Å²) in [5, 5.41) is 14.0. The van der Waals surface area contributed by atoms with E-state index in [0.717, 1.165) is 19.4 Å². The molecule has 3 rings (SSSR count). The van der Waals surface area contributed by atoms with E-state index < -0.39 is 4.92 Å². The second kappa shape index (κ2) is 4.75. The van der Waals surface area contributed by atoms with Gasteiger partial charge in [-0.25, -0.2) is 0 Å². The summed E-state index contributed by atoms with van der Waals surface area (Å²) in [5.74, 6) is 0. The molecule has 1 aromatic heterocycles. The third kappa shape index (κ3) is 2.32. The molecule has 1 atom stereocenters. The number of anilines is 1. The smallest absolute Gasteiger partial charge is 0.298 e. The predicted molar refractivity (Wildman–Crippen MR) is 72.7 cm³/mol. The summed E-state index contributed by atoms with van der Waals surface area (Å²) >= 11 is 0. The Morgan fingerprint density at radius 3 is 3.10 bits per heavy atom. The number of nitro benzene ring substituents is 1. The van der Waals surface area contributed by atoms with Crippen LogP contribution in [-0.4, -0.2) is 28.7 Å². The Morgan fingerprint density at radius 1 is 1.55 bits per heavy atom. The van der Waals surface area contributed by atoms with Crippen LogP contribution in [0.1, 0.15) is 19.8 Å². The normalized spacial score (nSPS) is 22.2. The highest BCUT2D eigenvalue weighted by Gasteiger charge is 2.30. The van der Waals surface area contributed by atoms with Gasteiger partial charge in [-0.1, -0.05) is 6.07 Å². The largest absolute Gasteiger partial charge is 0.423 e. The number of oxazole rings is 1. The molecule has 1 aliphatic rings. The number of para-hydroxylation sites is 1. The first-order valence-electron chi connectivity index (χ1n) is 6.49. The molecule has 7 nitrogen and oxygen atoms in total. The summed E-state index contributed by atoms with van der Waals surface area (Å²) < 4.78 is 11.1. The van der Waals surface area contributed by atoms with Crippen molar-refractivity contribution in [3.8, 4) is 0 Å². The van der Waals surface area contributed by atoms with Crippen LogP contribution in [0.25, 0.3) is 11.1 Å². The van der Waals surface area contributed by atoms with Gasteiger partial charge in [0.2, 0.25) is 0 Å². The number of rotatable bonds is 4. The minimum absolute atomic E-state index is 0.0531. The number of benzene rings is 1. The molecule has 2 heterocycles. The SMILES string of the molecule is CC1(CNc2nc3c([N+](=O)[O-])cccc3o2)CCCO1. The zero-order valence-corrected chi connectivity index (χ0v) is 11.1. The Labute approximate surface area is 115 Å². The molecule has 1 aromatic carbocycles. The maximum absolute atomic E-state index is 10.9. The van der Waals surface area contributed by atoms with Gasteiger partial charge in [0.15, 0.2) is 11.1 Å². The number of hydrogen-bond acceptors (Lipinski definition) is 6. The van der Waals surface area contributed by atoms with Gasteiger partial charge in [0.1, 0.15) is 0 Å². The second-order valence-electron chi connectivity index (χ2n) is 5.16. The van der Waals surface area contributed by atoms with Crippen molar-refractivity contribution >= 4 is 22.8 Å². The zero-order chi connectivity index (χ0) is 14.2. The summed E-state index contributed by atoms with van der Waals surface area (Å²) in [6.45, 7) is 3.35. The molecule has 0 bridgehead atoms. The maximum atomic E-state index is 10.9. The average molecular weight is 277 g/mol. The fourth-order valence-electron chi connectivity index (χ4n) is 2.40. The standard InChI is InChI=1S/C13H15N3O4/c1-13(6-3-7-19-13)8-14-12-15-11-9(16(17)18)4-2-5-10(11)20-12/h2,4-5H,3,6-8H2,1H3,(H,14,15). The molecule has 20 heavy (non-hydrogen) atoms. The molecule has 0 spiro atoms. The van der Waals surface area contributed by atoms with Crippen molar-refractivity contribution in [1.29, 1.82) is 0 Å². The van der Waals surface area contributed by atoms with Crippen molar-refractivity contribution in [3.05, 3.63) is 28.3 Å². The van der Waals surface area contributed by atoms with E-state index in [-0.39, 0.29) is 22.8 Å². The van der Waals surface area contributed by atoms with Crippen LogP contribution < -0.4 is 5.32 Å². The molecule has 1 fully saturated rings. The molecule has 0 saturated carbocycles. The van der Waals surface area contributed by atoms with Gasteiger partial charge >= 0.3 is 0 Å². The van der Waals surface area contributed by atoms with E-state index in [1.807, 2.05) is 6.92 Å². The molecule has 2 aromatic rings. The van der Waals surface area contributed by atoms with E-state index in [2.05, 4.69) is 10.3 Å². The van der Waals surface area contributed by atoms with Gasteiger partial charge in [-0.15, -0.1) is 0 Å². The van der Waals surface area contributed by atoms with Gasteiger partial charge in [-0.3, -0.25) is 10.1 Å². The van der Waals surface area contributed by atoms with Gasteiger partial charge in [-0.05, 0) is 25.8 Å². The Bertz CT molecular complexity index is 646. The van der Waals surface area contributed by atoms with Gasteiger partial charge in [0.05, 0.1) is 10.5 Å². The first kappa shape index (κ1) is 12.9. The lowest BCUT2D eigenvalue weighted by Crippen LogP contribution is -2.32. The van der Waals surface area contributed by atoms with Crippen LogP contribution in [0.4, 0.5) is 11.7 Å². The molecule has 1 N–H and O–H groups in total. The third-order valence-corrected chi connectivity index (χ3v) is 3.51. The summed E-state index contributed by atoms with van der Waals surface area (Å²) in [6.07, 6.45) is 2.01. The minimum Gasteiger partial charge on any atom is -0.423 e. The summed E-state index contributed by atoms with van der Waals surface area (Å²) in [6, 6.07) is 4.94. The number of nitrogens with zero attached hydrogens (tertiary/aromatic N) is 2. The highest BCUT2D eigenvalue weighted by Crippen LogP contribution is 2.29. The zero-order valence-electron chi connectivity index (χ0n) is 11.1. The molecular weight excluding hydrogens is 262 g/mol. The molecule has 1 saturated heterocycles. The number of fused-ring (bicyclic) bond motifs is 1. The molecule has 1 aliphatic heterocycles. The number of hydrogen-bond donors (Lipinski definition) is 1. The number of nitrogens with one attached hydrogen (secondary N) is 1. The van der Waals surface area contributed by atoms with Crippen LogP contribution in [0.2, 0.25) is 0 Å². The minimum atomic E-state index is -0.462. The van der Waals surface area contributed by atoms with Gasteiger partial charge < -0.3 is 14.5 Å². The van der Waals surface area contributed by atoms with Crippen molar-refractivity contribution < 1.29 is 14.1 Å². The van der Waals surface area contributed by atoms with Crippen LogP contribution in [0.3, 0.4) is 0 Å². The van der Waals surface area contributed by atoms with E-state index in [1.165, 1.54) is 6.07 Å². The van der Waals surface area contributed by atoms with Gasteiger partial charge in [0, 0.05) is 19.2 Å². The Balaban J connectivity index is 1.82. The third-order valence-electron chi connectivity index (χ3n) is 3.51. The molecule has 1 unspecified atom stereocenters. The molecule has 106 valence electrons. The van der Waals surface area contributed by atoms with Gasteiger partial charge in [0.25, 0.3) is 11.7 Å². The molecule has 0 amide bonds. The number of ether oxygens (including phenoxy) is 1. The lowest BCUT2D eigenvalue weighted by Gasteiger charge is -2.22. The van der Waals surface area contributed by atoms with Gasteiger partial charge in [-0.2, -0.15) is 4.98 Å². The lowest BCUT2D eigenvalue weighted by atomic mass is 10.0. The Morgan fingerprint density at radius 2 is 2.40 bits per heavy atom. The quantitative estimate of drug-likeness (QED) is 0.682. The van der Waals surface area contributed by atoms with E-state index in [4.69, 9.17) is 9.15 Å². The maximum Gasteiger partial charge on any atom is 0.298 e. The van der Waals surface area contributed by atoms with E-state index in [1.54, 1.807) is 12.1 Å². The van der Waals surface area contributed by atoms with Crippen LogP contribution in [-0.2, 0) is 4.74 Å². The Kier molecular flexibility index (Phi) is 3.06. The van der Waals surface area contributed by atoms with E-state index in [9.17, 15) is 10.1 Å². The molecule has 7 heteroatoms. The fourth-order valence-corrected chi connectivity index (χ4v) is 2.40. The van der Waals surface area contributed by atoms with Crippen LogP contribution in [0.5, 0.6) is 0 Å². The van der Waals surface area contributed by atoms with Crippen molar-refractivity contribution in [2.75, 3.05) is 18.5 Å². The lowest BCUT2D eigenvalue weighted by molar-refractivity contribution is -0.383. The van der Waals surface area contributed by atoms with Crippen molar-refractivity contribution in [3.63, 3.8) is 0 Å². The first-order chi connectivity index (χ1) is 9.57. The van der Waals surface area contributed by atoms with Crippen molar-refractivity contribution in [1.82, 2.24) is 4.98 Å².